The van der Waals surface area contributed by atoms with Gasteiger partial charge >= 0.3 is 12.0 Å². The van der Waals surface area contributed by atoms with E-state index in [1.165, 1.54) is 13.5 Å². The van der Waals surface area contributed by atoms with E-state index < -0.39 is 0 Å². The van der Waals surface area contributed by atoms with Gasteiger partial charge in [-0.25, -0.2) is 9.59 Å². The van der Waals surface area contributed by atoms with Gasteiger partial charge in [-0.2, -0.15) is 0 Å². The Hall–Kier alpha value is -2.82. The summed E-state index contributed by atoms with van der Waals surface area (Å²) in [5.41, 5.74) is 2.56. The minimum atomic E-state index is -0.388. The van der Waals surface area contributed by atoms with Gasteiger partial charge in [0.25, 0.3) is 0 Å². The second kappa shape index (κ2) is 14.2. The van der Waals surface area contributed by atoms with Crippen LogP contribution in [0.1, 0.15) is 65.2 Å². The Balaban J connectivity index is 0.000000762. The molecule has 1 saturated heterocycles. The summed E-state index contributed by atoms with van der Waals surface area (Å²) < 4.78 is 4.65. The van der Waals surface area contributed by atoms with Gasteiger partial charge in [-0.05, 0) is 56.0 Å². The maximum atomic E-state index is 12.4. The van der Waals surface area contributed by atoms with Gasteiger partial charge in [-0.3, -0.25) is 9.80 Å². The lowest BCUT2D eigenvalue weighted by Crippen LogP contribution is -2.30. The monoisotopic (exact) mass is 428 g/mol. The summed E-state index contributed by atoms with van der Waals surface area (Å²) in [7, 11) is 1.34. The normalized spacial score (nSPS) is 13.9. The van der Waals surface area contributed by atoms with Crippen molar-refractivity contribution in [1.29, 1.82) is 0 Å². The first-order valence-corrected chi connectivity index (χ1v) is 10.8. The van der Waals surface area contributed by atoms with Crippen LogP contribution in [0.25, 0.3) is 0 Å². The number of benzene rings is 1. The number of carbonyl (C=O) groups is 2. The molecule has 0 atom stereocenters. The highest BCUT2D eigenvalue weighted by atomic mass is 16.5. The Bertz CT molecular complexity index is 756. The van der Waals surface area contributed by atoms with Gasteiger partial charge in [0.15, 0.2) is 0 Å². The highest BCUT2D eigenvalue weighted by molar-refractivity contribution is 5.96. The van der Waals surface area contributed by atoms with E-state index in [2.05, 4.69) is 51.2 Å². The van der Waals surface area contributed by atoms with Crippen LogP contribution in [0.2, 0.25) is 0 Å². The number of urea groups is 1. The number of methoxy groups -OCH3 is 1. The minimum Gasteiger partial charge on any atom is -0.465 e. The van der Waals surface area contributed by atoms with E-state index in [4.69, 9.17) is 0 Å². The molecule has 1 aromatic rings. The minimum absolute atomic E-state index is 0.0728. The van der Waals surface area contributed by atoms with Crippen molar-refractivity contribution in [2.24, 2.45) is 5.41 Å². The molecule has 5 nitrogen and oxygen atoms in total. The van der Waals surface area contributed by atoms with E-state index in [0.29, 0.717) is 24.1 Å². The maximum Gasteiger partial charge on any atom is 0.337 e. The first-order chi connectivity index (χ1) is 14.6. The van der Waals surface area contributed by atoms with Crippen LogP contribution in [0.4, 0.5) is 10.5 Å². The van der Waals surface area contributed by atoms with E-state index in [9.17, 15) is 9.59 Å². The second-order valence-electron chi connectivity index (χ2n) is 8.00. The van der Waals surface area contributed by atoms with Crippen LogP contribution >= 0.6 is 0 Å². The number of amides is 2. The molecular weight excluding hydrogens is 388 g/mol. The van der Waals surface area contributed by atoms with E-state index in [-0.39, 0.29) is 12.0 Å². The van der Waals surface area contributed by atoms with Crippen LogP contribution in [0.5, 0.6) is 0 Å². The highest BCUT2D eigenvalue weighted by Gasteiger charge is 2.30. The van der Waals surface area contributed by atoms with E-state index in [1.807, 2.05) is 26.8 Å². The Morgan fingerprint density at radius 1 is 1.16 bits per heavy atom. The Morgan fingerprint density at radius 2 is 1.74 bits per heavy atom. The van der Waals surface area contributed by atoms with Crippen molar-refractivity contribution >= 4 is 17.7 Å². The van der Waals surface area contributed by atoms with Crippen LogP contribution in [0.15, 0.2) is 60.8 Å². The van der Waals surface area contributed by atoms with Crippen LogP contribution in [0, 0.1) is 5.41 Å². The van der Waals surface area contributed by atoms with Gasteiger partial charge in [0.1, 0.15) is 0 Å². The molecule has 0 radical (unpaired) electrons. The predicted octanol–water partition coefficient (Wildman–Crippen LogP) is 6.83. The molecule has 0 unspecified atom stereocenters. The van der Waals surface area contributed by atoms with Gasteiger partial charge in [-0.1, -0.05) is 59.4 Å². The van der Waals surface area contributed by atoms with Crippen molar-refractivity contribution < 1.29 is 14.3 Å². The summed E-state index contributed by atoms with van der Waals surface area (Å²) in [6.07, 6.45) is 8.97. The lowest BCUT2D eigenvalue weighted by atomic mass is 9.92. The molecule has 0 bridgehead atoms. The standard InChI is InChI=1S/C16H18N2O3.C8H16.C2H6/c1-4-5-12(2)17-10-11-18(16(17)20)14-8-6-13(7-9-14)15(19)21-3;1-5-6-7-8(2,3)4;1-2/h4-9H,1,10-11H2,2-3H3;5-6H,7H2,1-4H3;1-2H3/b12-5+;6-5-;. The third kappa shape index (κ3) is 9.69. The first kappa shape index (κ1) is 28.2. The third-order valence-electron chi connectivity index (χ3n) is 4.36. The smallest absolute Gasteiger partial charge is 0.337 e. The molecule has 1 fully saturated rings. The fraction of sp³-hybridized carbons (Fsp3) is 0.462. The average Bonchev–Trinajstić information content (AvgIpc) is 3.14. The van der Waals surface area contributed by atoms with Gasteiger partial charge in [0.05, 0.1) is 12.7 Å². The van der Waals surface area contributed by atoms with Crippen LogP contribution in [0.3, 0.4) is 0 Å². The van der Waals surface area contributed by atoms with Crippen molar-refractivity contribution in [3.8, 4) is 0 Å². The molecule has 1 heterocycles. The molecule has 0 aromatic heterocycles. The molecule has 1 aliphatic rings. The summed E-state index contributed by atoms with van der Waals surface area (Å²) in [4.78, 5) is 27.2. The first-order valence-electron chi connectivity index (χ1n) is 10.8. The Morgan fingerprint density at radius 3 is 2.16 bits per heavy atom. The van der Waals surface area contributed by atoms with Crippen LogP contribution in [-0.4, -0.2) is 37.1 Å². The van der Waals surface area contributed by atoms with Gasteiger partial charge in [0.2, 0.25) is 0 Å². The Kier molecular flexibility index (Phi) is 12.9. The van der Waals surface area contributed by atoms with Crippen molar-refractivity contribution in [3.63, 3.8) is 0 Å². The molecule has 0 N–H and O–H groups in total. The van der Waals surface area contributed by atoms with E-state index >= 15 is 0 Å². The predicted molar refractivity (Wildman–Crippen MR) is 131 cm³/mol. The summed E-state index contributed by atoms with van der Waals surface area (Å²) in [5, 5.41) is 0. The molecule has 172 valence electrons. The summed E-state index contributed by atoms with van der Waals surface area (Å²) >= 11 is 0. The third-order valence-corrected chi connectivity index (χ3v) is 4.36. The van der Waals surface area contributed by atoms with Crippen molar-refractivity contribution in [3.05, 3.63) is 66.4 Å². The number of nitrogens with zero attached hydrogens (tertiary/aromatic N) is 2. The average molecular weight is 429 g/mol. The molecule has 1 aromatic carbocycles. The molecule has 5 heteroatoms. The van der Waals surface area contributed by atoms with E-state index in [0.717, 1.165) is 11.4 Å². The fourth-order valence-corrected chi connectivity index (χ4v) is 2.73. The number of rotatable bonds is 5. The second-order valence-corrected chi connectivity index (χ2v) is 8.00. The molecule has 31 heavy (non-hydrogen) atoms. The molecule has 2 amide bonds. The zero-order valence-corrected chi connectivity index (χ0v) is 20.6. The molecular formula is C26H40N2O3. The number of anilines is 1. The molecule has 0 aliphatic carbocycles. The van der Waals surface area contributed by atoms with Crippen molar-refractivity contribution in [2.75, 3.05) is 25.1 Å². The highest BCUT2D eigenvalue weighted by Crippen LogP contribution is 2.23. The van der Waals surface area contributed by atoms with E-state index in [1.54, 1.807) is 40.1 Å². The lowest BCUT2D eigenvalue weighted by molar-refractivity contribution is 0.0600. The summed E-state index contributed by atoms with van der Waals surface area (Å²) in [5.74, 6) is -0.388. The zero-order valence-electron chi connectivity index (χ0n) is 20.6. The quantitative estimate of drug-likeness (QED) is 0.293. The fourth-order valence-electron chi connectivity index (χ4n) is 2.73. The molecule has 2 rings (SSSR count). The van der Waals surface area contributed by atoms with Crippen molar-refractivity contribution in [2.45, 2.75) is 54.9 Å². The number of hydrogen-bond donors (Lipinski definition) is 0. The largest absolute Gasteiger partial charge is 0.465 e. The van der Waals surface area contributed by atoms with Crippen molar-refractivity contribution in [1.82, 2.24) is 4.90 Å². The number of carbonyl (C=O) groups excluding carboxylic acids is 2. The van der Waals surface area contributed by atoms with Gasteiger partial charge < -0.3 is 4.74 Å². The number of allylic oxidation sites excluding steroid dienone is 5. The van der Waals surface area contributed by atoms with Crippen LogP contribution in [-0.2, 0) is 4.74 Å². The lowest BCUT2D eigenvalue weighted by Gasteiger charge is -2.19. The number of hydrogen-bond acceptors (Lipinski definition) is 3. The topological polar surface area (TPSA) is 49.9 Å². The van der Waals surface area contributed by atoms with Crippen LogP contribution < -0.4 is 4.90 Å². The summed E-state index contributed by atoms with van der Waals surface area (Å²) in [6, 6.07) is 6.74. The number of esters is 1. The molecule has 0 spiro atoms. The SMILES string of the molecule is C/C=C\CC(C)(C)C.C=C/C=C(\C)N1CCN(c2ccc(C(=O)OC)cc2)C1=O.CC. The molecule has 0 saturated carbocycles. The zero-order chi connectivity index (χ0) is 24.0. The number of ether oxygens (including phenoxy) is 1. The van der Waals surface area contributed by atoms with Gasteiger partial charge in [0, 0.05) is 24.5 Å². The summed E-state index contributed by atoms with van der Waals surface area (Å²) in [6.45, 7) is 19.5. The molecule has 1 aliphatic heterocycles. The maximum absolute atomic E-state index is 12.4. The van der Waals surface area contributed by atoms with Gasteiger partial charge in [-0.15, -0.1) is 0 Å². The Labute approximate surface area is 189 Å².